The summed E-state index contributed by atoms with van der Waals surface area (Å²) in [6.45, 7) is 3.45. The van der Waals surface area contributed by atoms with Crippen LogP contribution in [-0.4, -0.2) is 26.6 Å². The van der Waals surface area contributed by atoms with Crippen molar-refractivity contribution >= 4 is 15.9 Å². The summed E-state index contributed by atoms with van der Waals surface area (Å²) in [5, 5.41) is 7.01. The molecule has 0 aliphatic rings. The van der Waals surface area contributed by atoms with Crippen LogP contribution < -0.4 is 10.5 Å². The minimum Gasteiger partial charge on any atom is -0.387 e. The van der Waals surface area contributed by atoms with Gasteiger partial charge < -0.3 is 5.73 Å². The van der Waals surface area contributed by atoms with E-state index in [2.05, 4.69) is 4.72 Å². The van der Waals surface area contributed by atoms with Crippen molar-refractivity contribution in [3.05, 3.63) is 0 Å². The molecule has 0 aromatic rings. The molecule has 0 bridgehead atoms. The monoisotopic (exact) mass is 193 g/mol. The highest BCUT2D eigenvalue weighted by atomic mass is 32.2. The summed E-state index contributed by atoms with van der Waals surface area (Å²) in [6.07, 6.45) is 0. The van der Waals surface area contributed by atoms with E-state index in [1.165, 1.54) is 0 Å². The lowest BCUT2D eigenvalue weighted by atomic mass is 10.2. The summed E-state index contributed by atoms with van der Waals surface area (Å²) in [7, 11) is -3.15. The third-order valence-electron chi connectivity index (χ3n) is 1.52. The Bertz CT molecular complexity index is 248. The van der Waals surface area contributed by atoms with Crippen LogP contribution in [0, 0.1) is 11.3 Å². The maximum absolute atomic E-state index is 10.9. The molecule has 1 unspecified atom stereocenters. The largest absolute Gasteiger partial charge is 0.387 e. The summed E-state index contributed by atoms with van der Waals surface area (Å²) < 4.78 is 24.1. The number of amidine groups is 1. The summed E-state index contributed by atoms with van der Waals surface area (Å²) in [5.41, 5.74) is 5.16. The highest BCUT2D eigenvalue weighted by Gasteiger charge is 2.10. The molecule has 12 heavy (non-hydrogen) atoms. The highest BCUT2D eigenvalue weighted by molar-refractivity contribution is 7.89. The second-order valence-electron chi connectivity index (χ2n) is 2.61. The molecule has 0 radical (unpaired) electrons. The Morgan fingerprint density at radius 1 is 1.67 bits per heavy atom. The molecule has 0 saturated heterocycles. The molecule has 0 aliphatic heterocycles. The summed E-state index contributed by atoms with van der Waals surface area (Å²) in [4.78, 5) is 0. The van der Waals surface area contributed by atoms with Crippen LogP contribution in [0.1, 0.15) is 13.8 Å². The van der Waals surface area contributed by atoms with Crippen LogP contribution in [0.25, 0.3) is 0 Å². The molecule has 0 rings (SSSR count). The second-order valence-corrected chi connectivity index (χ2v) is 4.70. The van der Waals surface area contributed by atoms with Crippen molar-refractivity contribution in [2.75, 3.05) is 12.3 Å². The molecular formula is C6H15N3O2S. The zero-order valence-corrected chi connectivity index (χ0v) is 8.11. The fourth-order valence-electron chi connectivity index (χ4n) is 0.464. The first-order valence-electron chi connectivity index (χ1n) is 3.70. The van der Waals surface area contributed by atoms with Crippen molar-refractivity contribution in [3.8, 4) is 0 Å². The van der Waals surface area contributed by atoms with Crippen molar-refractivity contribution in [1.82, 2.24) is 4.72 Å². The van der Waals surface area contributed by atoms with Crippen molar-refractivity contribution < 1.29 is 8.42 Å². The molecular weight excluding hydrogens is 178 g/mol. The van der Waals surface area contributed by atoms with Gasteiger partial charge in [-0.15, -0.1) is 0 Å². The molecule has 4 N–H and O–H groups in total. The second kappa shape index (κ2) is 4.42. The van der Waals surface area contributed by atoms with Crippen molar-refractivity contribution in [2.24, 2.45) is 11.7 Å². The topological polar surface area (TPSA) is 96.0 Å². The number of sulfonamides is 1. The maximum atomic E-state index is 10.9. The van der Waals surface area contributed by atoms with E-state index in [1.54, 1.807) is 13.8 Å². The molecule has 6 heteroatoms. The summed E-state index contributed by atoms with van der Waals surface area (Å²) >= 11 is 0. The third-order valence-corrected chi connectivity index (χ3v) is 2.89. The Balaban J connectivity index is 3.92. The molecule has 72 valence electrons. The number of nitrogens with two attached hydrogens (primary N) is 1. The predicted molar refractivity (Wildman–Crippen MR) is 48.5 cm³/mol. The van der Waals surface area contributed by atoms with Gasteiger partial charge in [0.05, 0.1) is 11.6 Å². The van der Waals surface area contributed by atoms with E-state index in [9.17, 15) is 8.42 Å². The Morgan fingerprint density at radius 3 is 2.50 bits per heavy atom. The van der Waals surface area contributed by atoms with Gasteiger partial charge >= 0.3 is 0 Å². The lowest BCUT2D eigenvalue weighted by Gasteiger charge is -2.09. The number of hydrogen-bond acceptors (Lipinski definition) is 3. The highest BCUT2D eigenvalue weighted by Crippen LogP contribution is 1.92. The van der Waals surface area contributed by atoms with Gasteiger partial charge in [0.2, 0.25) is 10.0 Å². The normalized spacial score (nSPS) is 14.2. The molecule has 0 spiro atoms. The lowest BCUT2D eigenvalue weighted by molar-refractivity contribution is 0.575. The fraction of sp³-hybridized carbons (Fsp3) is 0.833. The third kappa shape index (κ3) is 4.30. The number of nitrogens with one attached hydrogen (secondary N) is 2. The molecule has 0 aliphatic carbocycles. The molecule has 1 atom stereocenters. The Kier molecular flexibility index (Phi) is 4.19. The smallest absolute Gasteiger partial charge is 0.211 e. The van der Waals surface area contributed by atoms with Crippen molar-refractivity contribution in [2.45, 2.75) is 13.8 Å². The van der Waals surface area contributed by atoms with Gasteiger partial charge in [-0.2, -0.15) is 0 Å². The Labute approximate surface area is 72.9 Å². The van der Waals surface area contributed by atoms with Crippen LogP contribution in [0.4, 0.5) is 0 Å². The first-order valence-corrected chi connectivity index (χ1v) is 5.35. The van der Waals surface area contributed by atoms with Crippen molar-refractivity contribution in [1.29, 1.82) is 5.41 Å². The average molecular weight is 193 g/mol. The van der Waals surface area contributed by atoms with Crippen LogP contribution in [0.5, 0.6) is 0 Å². The molecule has 0 amide bonds. The standard InChI is InChI=1S/C6H15N3O2S/c1-3-12(10,11)9-4-5(2)6(7)8/h5,9H,3-4H2,1-2H3,(H3,7,8). The van der Waals surface area contributed by atoms with Crippen LogP contribution in [0.3, 0.4) is 0 Å². The van der Waals surface area contributed by atoms with E-state index >= 15 is 0 Å². The Hall–Kier alpha value is -0.620. The van der Waals surface area contributed by atoms with E-state index in [1.807, 2.05) is 0 Å². The van der Waals surface area contributed by atoms with Gasteiger partial charge in [-0.1, -0.05) is 6.92 Å². The zero-order chi connectivity index (χ0) is 9.78. The van der Waals surface area contributed by atoms with Gasteiger partial charge in [-0.25, -0.2) is 13.1 Å². The summed E-state index contributed by atoms with van der Waals surface area (Å²) in [5.74, 6) is -0.197. The molecule has 0 aromatic carbocycles. The first kappa shape index (κ1) is 11.4. The van der Waals surface area contributed by atoms with E-state index in [0.717, 1.165) is 0 Å². The minimum absolute atomic E-state index is 0.00574. The fourth-order valence-corrected chi connectivity index (χ4v) is 1.17. The molecule has 0 aromatic heterocycles. The minimum atomic E-state index is -3.15. The van der Waals surface area contributed by atoms with E-state index in [4.69, 9.17) is 11.1 Å². The molecule has 0 heterocycles. The quantitative estimate of drug-likeness (QED) is 0.405. The van der Waals surface area contributed by atoms with Crippen LogP contribution >= 0.6 is 0 Å². The van der Waals surface area contributed by atoms with Gasteiger partial charge in [-0.3, -0.25) is 5.41 Å². The molecule has 0 fully saturated rings. The SMILES string of the molecule is CCS(=O)(=O)NCC(C)C(=N)N. The van der Waals surface area contributed by atoms with Crippen LogP contribution in [0.2, 0.25) is 0 Å². The van der Waals surface area contributed by atoms with Crippen LogP contribution in [0.15, 0.2) is 0 Å². The first-order chi connectivity index (χ1) is 5.39. The van der Waals surface area contributed by atoms with E-state index < -0.39 is 10.0 Å². The van der Waals surface area contributed by atoms with E-state index in [0.29, 0.717) is 0 Å². The molecule has 5 nitrogen and oxygen atoms in total. The van der Waals surface area contributed by atoms with Crippen LogP contribution in [-0.2, 0) is 10.0 Å². The van der Waals surface area contributed by atoms with E-state index in [-0.39, 0.29) is 24.1 Å². The summed E-state index contributed by atoms with van der Waals surface area (Å²) in [6, 6.07) is 0. The number of hydrogen-bond donors (Lipinski definition) is 3. The van der Waals surface area contributed by atoms with Gasteiger partial charge in [0.1, 0.15) is 0 Å². The van der Waals surface area contributed by atoms with Gasteiger partial charge in [0.25, 0.3) is 0 Å². The van der Waals surface area contributed by atoms with Crippen molar-refractivity contribution in [3.63, 3.8) is 0 Å². The predicted octanol–water partition coefficient (Wildman–Crippen LogP) is -0.502. The average Bonchev–Trinajstić information content (AvgIpc) is 2.00. The maximum Gasteiger partial charge on any atom is 0.211 e. The zero-order valence-electron chi connectivity index (χ0n) is 7.29. The number of rotatable bonds is 5. The van der Waals surface area contributed by atoms with Gasteiger partial charge in [0, 0.05) is 12.5 Å². The Morgan fingerprint density at radius 2 is 2.17 bits per heavy atom. The van der Waals surface area contributed by atoms with Gasteiger partial charge in [-0.05, 0) is 6.92 Å². The lowest BCUT2D eigenvalue weighted by Crippen LogP contribution is -2.34. The molecule has 0 saturated carbocycles. The van der Waals surface area contributed by atoms with Gasteiger partial charge in [0.15, 0.2) is 0 Å².